The summed E-state index contributed by atoms with van der Waals surface area (Å²) in [7, 11) is 1.33. The van der Waals surface area contributed by atoms with E-state index in [2.05, 4.69) is 10.5 Å². The molecular weight excluding hydrogens is 386 g/mol. The van der Waals surface area contributed by atoms with Crippen molar-refractivity contribution < 1.29 is 18.4 Å². The average molecular weight is 404 g/mol. The molecule has 1 amide bonds. The van der Waals surface area contributed by atoms with Crippen molar-refractivity contribution in [3.8, 4) is 22.4 Å². The smallest absolute Gasteiger partial charge is 0.275 e. The van der Waals surface area contributed by atoms with E-state index in [0.29, 0.717) is 27.7 Å². The Balaban J connectivity index is 1.87. The van der Waals surface area contributed by atoms with Crippen molar-refractivity contribution in [2.45, 2.75) is 6.92 Å². The molecule has 0 bridgehead atoms. The summed E-state index contributed by atoms with van der Waals surface area (Å²) in [5, 5.41) is 0.397. The van der Waals surface area contributed by atoms with E-state index in [-0.39, 0.29) is 11.4 Å². The molecule has 0 fully saturated rings. The Morgan fingerprint density at radius 1 is 0.967 bits per heavy atom. The van der Waals surface area contributed by atoms with E-state index < -0.39 is 11.7 Å². The highest BCUT2D eigenvalue weighted by Gasteiger charge is 2.19. The maximum absolute atomic E-state index is 14.1. The number of carbonyl (C=O) groups excluding carboxylic acids is 1. The van der Waals surface area contributed by atoms with Gasteiger partial charge in [-0.1, -0.05) is 42.5 Å². The number of nitrogens with zero attached hydrogens (tertiary/aromatic N) is 1. The summed E-state index contributed by atoms with van der Waals surface area (Å²) < 4.78 is 27.9. The van der Waals surface area contributed by atoms with Crippen LogP contribution in [0.2, 0.25) is 0 Å². The predicted octanol–water partition coefficient (Wildman–Crippen LogP) is 5.45. The minimum atomic E-state index is -0.489. The largest absolute Gasteiger partial charge is 0.277 e. The van der Waals surface area contributed by atoms with Crippen LogP contribution in [0.3, 0.4) is 0 Å². The SMILES string of the molecule is CONC(=O)c1c(C)c(-c2ccc(-c3ccccc3F)cc2)nc2ccc(F)cc12. The van der Waals surface area contributed by atoms with Gasteiger partial charge in [0.25, 0.3) is 5.91 Å². The fourth-order valence-electron chi connectivity index (χ4n) is 3.55. The van der Waals surface area contributed by atoms with Gasteiger partial charge in [0.15, 0.2) is 0 Å². The molecule has 4 aromatic rings. The summed E-state index contributed by atoms with van der Waals surface area (Å²) in [5.74, 6) is -1.25. The summed E-state index contributed by atoms with van der Waals surface area (Å²) >= 11 is 0. The number of hydrogen-bond donors (Lipinski definition) is 1. The highest BCUT2D eigenvalue weighted by Crippen LogP contribution is 2.32. The third-order valence-electron chi connectivity index (χ3n) is 4.96. The Hall–Kier alpha value is -3.64. The number of benzene rings is 3. The van der Waals surface area contributed by atoms with E-state index in [1.54, 1.807) is 37.3 Å². The quantitative estimate of drug-likeness (QED) is 0.461. The van der Waals surface area contributed by atoms with Gasteiger partial charge in [-0.2, -0.15) is 0 Å². The van der Waals surface area contributed by atoms with Crippen LogP contribution in [0.25, 0.3) is 33.3 Å². The molecule has 3 aromatic carbocycles. The van der Waals surface area contributed by atoms with Crippen molar-refractivity contribution in [1.82, 2.24) is 10.5 Å². The molecule has 30 heavy (non-hydrogen) atoms. The van der Waals surface area contributed by atoms with E-state index in [0.717, 1.165) is 11.1 Å². The number of halogens is 2. The first kappa shape index (κ1) is 19.7. The van der Waals surface area contributed by atoms with Crippen LogP contribution in [0.1, 0.15) is 15.9 Å². The summed E-state index contributed by atoms with van der Waals surface area (Å²) in [6.07, 6.45) is 0. The zero-order valence-electron chi connectivity index (χ0n) is 16.4. The Morgan fingerprint density at radius 2 is 1.67 bits per heavy atom. The first-order chi connectivity index (χ1) is 14.5. The molecule has 0 aliphatic heterocycles. The molecular formula is C24H18F2N2O2. The lowest BCUT2D eigenvalue weighted by molar-refractivity contribution is 0.0539. The van der Waals surface area contributed by atoms with Crippen molar-refractivity contribution in [2.24, 2.45) is 0 Å². The first-order valence-electron chi connectivity index (χ1n) is 9.28. The molecule has 4 nitrogen and oxygen atoms in total. The van der Waals surface area contributed by atoms with Crippen molar-refractivity contribution in [3.05, 3.63) is 89.5 Å². The molecule has 6 heteroatoms. The van der Waals surface area contributed by atoms with Gasteiger partial charge in [-0.25, -0.2) is 19.2 Å². The van der Waals surface area contributed by atoms with Crippen molar-refractivity contribution >= 4 is 16.8 Å². The lowest BCUT2D eigenvalue weighted by Gasteiger charge is -2.14. The topological polar surface area (TPSA) is 51.2 Å². The lowest BCUT2D eigenvalue weighted by Crippen LogP contribution is -2.23. The molecule has 0 unspecified atom stereocenters. The molecule has 4 rings (SSSR count). The average Bonchev–Trinajstić information content (AvgIpc) is 2.74. The summed E-state index contributed by atoms with van der Waals surface area (Å²) in [4.78, 5) is 22.0. The Labute approximate surface area is 172 Å². The molecule has 1 heterocycles. The van der Waals surface area contributed by atoms with Crippen LogP contribution < -0.4 is 5.48 Å². The monoisotopic (exact) mass is 404 g/mol. The zero-order valence-corrected chi connectivity index (χ0v) is 16.4. The van der Waals surface area contributed by atoms with Crippen LogP contribution in [-0.4, -0.2) is 18.0 Å². The van der Waals surface area contributed by atoms with Gasteiger partial charge < -0.3 is 0 Å². The number of carbonyl (C=O) groups is 1. The van der Waals surface area contributed by atoms with E-state index in [1.165, 1.54) is 31.4 Å². The van der Waals surface area contributed by atoms with Gasteiger partial charge in [0, 0.05) is 16.5 Å². The fourth-order valence-corrected chi connectivity index (χ4v) is 3.55. The third-order valence-corrected chi connectivity index (χ3v) is 4.96. The molecule has 0 aliphatic rings. The summed E-state index contributed by atoms with van der Waals surface area (Å²) in [5.41, 5.74) is 6.22. The molecule has 0 saturated heterocycles. The van der Waals surface area contributed by atoms with Gasteiger partial charge in [0.1, 0.15) is 11.6 Å². The number of aromatic nitrogens is 1. The highest BCUT2D eigenvalue weighted by molar-refractivity contribution is 6.08. The van der Waals surface area contributed by atoms with Gasteiger partial charge in [-0.15, -0.1) is 0 Å². The van der Waals surface area contributed by atoms with Crippen molar-refractivity contribution in [2.75, 3.05) is 7.11 Å². The Kier molecular flexibility index (Phi) is 5.25. The standard InChI is InChI=1S/C24H18F2N2O2/c1-14-22(24(29)28-30-2)19-13-17(25)11-12-21(19)27-23(14)16-9-7-15(8-10-16)18-5-3-4-6-20(18)26/h3-13H,1-2H3,(H,28,29). The minimum Gasteiger partial charge on any atom is -0.277 e. The number of nitrogens with one attached hydrogen (secondary N) is 1. The second kappa shape index (κ2) is 8.00. The molecule has 0 radical (unpaired) electrons. The number of hydroxylamine groups is 1. The number of rotatable bonds is 4. The molecule has 1 aromatic heterocycles. The van der Waals surface area contributed by atoms with Gasteiger partial charge in [-0.3, -0.25) is 9.63 Å². The summed E-state index contributed by atoms with van der Waals surface area (Å²) in [6, 6.07) is 17.9. The maximum atomic E-state index is 14.1. The first-order valence-corrected chi connectivity index (χ1v) is 9.28. The van der Waals surface area contributed by atoms with Crippen LogP contribution in [0, 0.1) is 18.6 Å². The van der Waals surface area contributed by atoms with E-state index in [4.69, 9.17) is 4.84 Å². The molecule has 0 saturated carbocycles. The molecule has 150 valence electrons. The van der Waals surface area contributed by atoms with Crippen molar-refractivity contribution in [1.29, 1.82) is 0 Å². The number of hydrogen-bond acceptors (Lipinski definition) is 3. The fraction of sp³-hybridized carbons (Fsp3) is 0.0833. The normalized spacial score (nSPS) is 10.9. The number of fused-ring (bicyclic) bond motifs is 1. The second-order valence-corrected chi connectivity index (χ2v) is 6.81. The number of pyridine rings is 1. The van der Waals surface area contributed by atoms with Gasteiger partial charge in [0.05, 0.1) is 23.9 Å². The van der Waals surface area contributed by atoms with E-state index in [1.807, 2.05) is 12.1 Å². The second-order valence-electron chi connectivity index (χ2n) is 6.81. The highest BCUT2D eigenvalue weighted by atomic mass is 19.1. The van der Waals surface area contributed by atoms with Gasteiger partial charge in [0.2, 0.25) is 0 Å². The minimum absolute atomic E-state index is 0.287. The zero-order chi connectivity index (χ0) is 21.3. The van der Waals surface area contributed by atoms with Crippen LogP contribution in [0.4, 0.5) is 8.78 Å². The maximum Gasteiger partial charge on any atom is 0.275 e. The molecule has 1 N–H and O–H groups in total. The van der Waals surface area contributed by atoms with Crippen LogP contribution in [0.5, 0.6) is 0 Å². The Morgan fingerprint density at radius 3 is 2.37 bits per heavy atom. The van der Waals surface area contributed by atoms with Crippen LogP contribution in [0.15, 0.2) is 66.7 Å². The summed E-state index contributed by atoms with van der Waals surface area (Å²) in [6.45, 7) is 1.75. The van der Waals surface area contributed by atoms with Crippen molar-refractivity contribution in [3.63, 3.8) is 0 Å². The predicted molar refractivity (Wildman–Crippen MR) is 112 cm³/mol. The molecule has 0 spiro atoms. The van der Waals surface area contributed by atoms with Crippen LogP contribution >= 0.6 is 0 Å². The number of amides is 1. The third kappa shape index (κ3) is 3.53. The van der Waals surface area contributed by atoms with E-state index >= 15 is 0 Å². The lowest BCUT2D eigenvalue weighted by atomic mass is 9.96. The van der Waals surface area contributed by atoms with Gasteiger partial charge in [-0.05, 0) is 42.3 Å². The van der Waals surface area contributed by atoms with E-state index in [9.17, 15) is 13.6 Å². The van der Waals surface area contributed by atoms with Gasteiger partial charge >= 0.3 is 0 Å². The molecule has 0 aliphatic carbocycles. The van der Waals surface area contributed by atoms with Crippen LogP contribution in [-0.2, 0) is 4.84 Å². The Bertz CT molecular complexity index is 1250. The molecule has 0 atom stereocenters.